The molecule has 0 bridgehead atoms. The number of nitrogens with one attached hydrogen (secondary N) is 2. The van der Waals surface area contributed by atoms with Gasteiger partial charge in [0.25, 0.3) is 15.9 Å². The van der Waals surface area contributed by atoms with Crippen LogP contribution in [0.4, 0.5) is 17.1 Å². The van der Waals surface area contributed by atoms with Gasteiger partial charge < -0.3 is 10.1 Å². The zero-order valence-electron chi connectivity index (χ0n) is 15.7. The number of nitrogens with zero attached hydrogens (tertiary/aromatic N) is 1. The Morgan fingerprint density at radius 1 is 0.967 bits per heavy atom. The summed E-state index contributed by atoms with van der Waals surface area (Å²) in [7, 11) is -2.58. The number of nitro benzene ring substituents is 1. The van der Waals surface area contributed by atoms with Gasteiger partial charge in [-0.15, -0.1) is 0 Å². The number of para-hydroxylation sites is 2. The number of hydrogen-bond donors (Lipinski definition) is 2. The number of anilines is 2. The van der Waals surface area contributed by atoms with Gasteiger partial charge >= 0.3 is 5.69 Å². The van der Waals surface area contributed by atoms with Crippen LogP contribution in [0.1, 0.15) is 10.4 Å². The molecule has 0 fully saturated rings. The van der Waals surface area contributed by atoms with Crippen LogP contribution < -0.4 is 14.8 Å². The molecule has 0 radical (unpaired) electrons. The second kappa shape index (κ2) is 8.62. The van der Waals surface area contributed by atoms with Crippen LogP contribution in [0.2, 0.25) is 0 Å². The van der Waals surface area contributed by atoms with Crippen LogP contribution in [0.3, 0.4) is 0 Å². The molecule has 0 saturated heterocycles. The molecular weight excluding hydrogens is 410 g/mol. The van der Waals surface area contributed by atoms with Crippen molar-refractivity contribution in [2.75, 3.05) is 17.1 Å². The first kappa shape index (κ1) is 20.8. The van der Waals surface area contributed by atoms with Crippen LogP contribution >= 0.6 is 0 Å². The first-order valence-electron chi connectivity index (χ1n) is 8.62. The van der Waals surface area contributed by atoms with Crippen LogP contribution in [0, 0.1) is 10.1 Å². The van der Waals surface area contributed by atoms with E-state index < -0.39 is 20.9 Å². The van der Waals surface area contributed by atoms with Gasteiger partial charge in [-0.25, -0.2) is 8.42 Å². The summed E-state index contributed by atoms with van der Waals surface area (Å²) in [6.45, 7) is 0. The van der Waals surface area contributed by atoms with E-state index in [-0.39, 0.29) is 33.3 Å². The third-order valence-corrected chi connectivity index (χ3v) is 5.49. The highest BCUT2D eigenvalue weighted by atomic mass is 32.2. The minimum Gasteiger partial charge on any atom is -0.490 e. The van der Waals surface area contributed by atoms with Gasteiger partial charge in [0.15, 0.2) is 5.75 Å². The van der Waals surface area contributed by atoms with Crippen LogP contribution in [0.15, 0.2) is 77.7 Å². The van der Waals surface area contributed by atoms with Crippen LogP contribution in [0.25, 0.3) is 0 Å². The number of amides is 1. The molecule has 2 N–H and O–H groups in total. The number of benzene rings is 3. The van der Waals surface area contributed by atoms with Crippen molar-refractivity contribution in [3.8, 4) is 5.75 Å². The molecule has 0 aliphatic carbocycles. The van der Waals surface area contributed by atoms with Gasteiger partial charge in [-0.1, -0.05) is 30.3 Å². The number of carbonyl (C=O) groups excluding carboxylic acids is 1. The lowest BCUT2D eigenvalue weighted by molar-refractivity contribution is -0.385. The molecule has 0 aromatic heterocycles. The van der Waals surface area contributed by atoms with Crippen molar-refractivity contribution < 1.29 is 22.9 Å². The number of carbonyl (C=O) groups is 1. The molecule has 0 saturated carbocycles. The van der Waals surface area contributed by atoms with E-state index in [0.29, 0.717) is 0 Å². The van der Waals surface area contributed by atoms with Crippen molar-refractivity contribution in [3.63, 3.8) is 0 Å². The lowest BCUT2D eigenvalue weighted by atomic mass is 10.1. The van der Waals surface area contributed by atoms with Crippen molar-refractivity contribution in [2.24, 2.45) is 0 Å². The fraction of sp³-hybridized carbons (Fsp3) is 0.0500. The van der Waals surface area contributed by atoms with E-state index in [0.717, 1.165) is 6.07 Å². The molecule has 9 nitrogen and oxygen atoms in total. The Labute approximate surface area is 172 Å². The van der Waals surface area contributed by atoms with Crippen molar-refractivity contribution in [3.05, 3.63) is 88.5 Å². The van der Waals surface area contributed by atoms with E-state index in [1.165, 1.54) is 43.5 Å². The highest BCUT2D eigenvalue weighted by molar-refractivity contribution is 7.92. The van der Waals surface area contributed by atoms with Gasteiger partial charge in [0.05, 0.1) is 28.3 Å². The molecule has 10 heteroatoms. The Kier molecular flexibility index (Phi) is 5.98. The second-order valence-electron chi connectivity index (χ2n) is 6.06. The molecule has 0 aliphatic rings. The minimum absolute atomic E-state index is 0.0169. The fourth-order valence-corrected chi connectivity index (χ4v) is 3.75. The van der Waals surface area contributed by atoms with Gasteiger partial charge in [-0.05, 0) is 36.4 Å². The number of methoxy groups -OCH3 is 1. The summed E-state index contributed by atoms with van der Waals surface area (Å²) in [6.07, 6.45) is 0. The first-order valence-corrected chi connectivity index (χ1v) is 10.1. The predicted molar refractivity (Wildman–Crippen MR) is 111 cm³/mol. The molecular formula is C20H17N3O6S. The van der Waals surface area contributed by atoms with Crippen molar-refractivity contribution in [1.29, 1.82) is 0 Å². The summed E-state index contributed by atoms with van der Waals surface area (Å²) in [5.74, 6) is -0.625. The Morgan fingerprint density at radius 2 is 1.60 bits per heavy atom. The van der Waals surface area contributed by atoms with Crippen molar-refractivity contribution in [1.82, 2.24) is 0 Å². The Morgan fingerprint density at radius 3 is 2.23 bits per heavy atom. The highest BCUT2D eigenvalue weighted by Gasteiger charge is 2.20. The quantitative estimate of drug-likeness (QED) is 0.437. The third kappa shape index (κ3) is 4.55. The maximum atomic E-state index is 12.6. The number of rotatable bonds is 7. The Balaban J connectivity index is 1.87. The SMILES string of the molecule is COc1ccc(C(=O)Nc2ccccc2NS(=O)(=O)c2ccccc2)cc1[N+](=O)[O-]. The van der Waals surface area contributed by atoms with Crippen molar-refractivity contribution >= 4 is 33.0 Å². The number of ether oxygens (including phenoxy) is 1. The van der Waals surface area contributed by atoms with E-state index >= 15 is 0 Å². The Bertz CT molecular complexity index is 1200. The summed E-state index contributed by atoms with van der Waals surface area (Å²) in [4.78, 5) is 23.2. The van der Waals surface area contributed by atoms with Crippen LogP contribution in [-0.2, 0) is 10.0 Å². The lowest BCUT2D eigenvalue weighted by Crippen LogP contribution is -2.17. The number of sulfonamides is 1. The zero-order valence-corrected chi connectivity index (χ0v) is 16.5. The smallest absolute Gasteiger partial charge is 0.311 e. The molecule has 3 aromatic carbocycles. The molecule has 0 spiro atoms. The van der Waals surface area contributed by atoms with E-state index in [9.17, 15) is 23.3 Å². The maximum Gasteiger partial charge on any atom is 0.311 e. The number of hydrogen-bond acceptors (Lipinski definition) is 6. The molecule has 3 rings (SSSR count). The molecule has 0 aliphatic heterocycles. The Hall–Kier alpha value is -3.92. The molecule has 3 aromatic rings. The molecule has 1 amide bonds. The highest BCUT2D eigenvalue weighted by Crippen LogP contribution is 2.29. The largest absolute Gasteiger partial charge is 0.490 e. The molecule has 0 atom stereocenters. The summed E-state index contributed by atoms with van der Waals surface area (Å²) >= 11 is 0. The van der Waals surface area contributed by atoms with Crippen LogP contribution in [-0.4, -0.2) is 26.4 Å². The topological polar surface area (TPSA) is 128 Å². The van der Waals surface area contributed by atoms with E-state index in [1.54, 1.807) is 30.3 Å². The van der Waals surface area contributed by atoms with Gasteiger partial charge in [0.2, 0.25) is 0 Å². The first-order chi connectivity index (χ1) is 14.3. The lowest BCUT2D eigenvalue weighted by Gasteiger charge is -2.14. The van der Waals surface area contributed by atoms with E-state index in [4.69, 9.17) is 4.74 Å². The summed E-state index contributed by atoms with van der Waals surface area (Å²) in [6, 6.07) is 17.8. The maximum absolute atomic E-state index is 12.6. The standard InChI is InChI=1S/C20H17N3O6S/c1-29-19-12-11-14(13-18(19)23(25)26)20(24)21-16-9-5-6-10-17(16)22-30(27,28)15-7-3-2-4-8-15/h2-13,22H,1H3,(H,21,24). The predicted octanol–water partition coefficient (Wildman–Crippen LogP) is 3.66. The van der Waals surface area contributed by atoms with Gasteiger partial charge in [-0.3, -0.25) is 19.6 Å². The van der Waals surface area contributed by atoms with Crippen LogP contribution in [0.5, 0.6) is 5.75 Å². The monoisotopic (exact) mass is 427 g/mol. The average molecular weight is 427 g/mol. The van der Waals surface area contributed by atoms with E-state index in [2.05, 4.69) is 10.0 Å². The van der Waals surface area contributed by atoms with Crippen molar-refractivity contribution in [2.45, 2.75) is 4.90 Å². The molecule has 154 valence electrons. The molecule has 30 heavy (non-hydrogen) atoms. The molecule has 0 unspecified atom stereocenters. The zero-order chi connectivity index (χ0) is 21.7. The normalized spacial score (nSPS) is 10.8. The van der Waals surface area contributed by atoms with E-state index in [1.807, 2.05) is 0 Å². The minimum atomic E-state index is -3.87. The van der Waals surface area contributed by atoms with Gasteiger partial charge in [-0.2, -0.15) is 0 Å². The molecule has 0 heterocycles. The summed E-state index contributed by atoms with van der Waals surface area (Å²) in [5, 5.41) is 13.8. The second-order valence-corrected chi connectivity index (χ2v) is 7.74. The fourth-order valence-electron chi connectivity index (χ4n) is 2.65. The van der Waals surface area contributed by atoms with Gasteiger partial charge in [0, 0.05) is 11.6 Å². The third-order valence-electron chi connectivity index (χ3n) is 4.11. The number of nitro groups is 1. The average Bonchev–Trinajstić information content (AvgIpc) is 2.75. The summed E-state index contributed by atoms with van der Waals surface area (Å²) in [5.41, 5.74) is 0.00428. The van der Waals surface area contributed by atoms with Gasteiger partial charge in [0.1, 0.15) is 0 Å². The summed E-state index contributed by atoms with van der Waals surface area (Å²) < 4.78 is 32.5.